The van der Waals surface area contributed by atoms with Gasteiger partial charge in [-0.1, -0.05) is 6.42 Å². The molecule has 140 valence electrons. The van der Waals surface area contributed by atoms with Crippen LogP contribution < -0.4 is 10.2 Å². The van der Waals surface area contributed by atoms with E-state index in [9.17, 15) is 9.59 Å². The van der Waals surface area contributed by atoms with Gasteiger partial charge in [0.25, 0.3) is 0 Å². The predicted molar refractivity (Wildman–Crippen MR) is 103 cm³/mol. The minimum Gasteiger partial charge on any atom is -0.377 e. The molecule has 1 aromatic carbocycles. The van der Waals surface area contributed by atoms with Gasteiger partial charge in [-0.3, -0.25) is 9.59 Å². The van der Waals surface area contributed by atoms with Crippen molar-refractivity contribution in [3.05, 3.63) is 23.8 Å². The molecule has 0 aromatic heterocycles. The molecule has 0 radical (unpaired) electrons. The Kier molecular flexibility index (Phi) is 4.63. The largest absolute Gasteiger partial charge is 0.377 e. The highest BCUT2D eigenvalue weighted by molar-refractivity contribution is 5.93. The lowest BCUT2D eigenvalue weighted by molar-refractivity contribution is -0.133. The molecule has 5 heteroatoms. The number of rotatable bonds is 7. The highest BCUT2D eigenvalue weighted by atomic mass is 16.2. The Morgan fingerprint density at radius 1 is 1.04 bits per heavy atom. The molecule has 3 aliphatic carbocycles. The highest BCUT2D eigenvalue weighted by Gasteiger charge is 2.40. The number of anilines is 2. The van der Waals surface area contributed by atoms with Crippen molar-refractivity contribution in [2.45, 2.75) is 57.5 Å². The van der Waals surface area contributed by atoms with E-state index in [1.807, 2.05) is 20.2 Å². The standard InChI is InChI=1S/C21H29N3O2/c1-23(2)19-11-8-17(22-20(25)14-4-3-5-14)12-16(19)13-24(18-9-10-18)21(26)15-6-7-15/h8,11-12,14-15,18H,3-7,9-10,13H2,1-2H3,(H,22,25). The predicted octanol–water partition coefficient (Wildman–Crippen LogP) is 3.39. The molecular formula is C21H29N3O2. The normalized spacial score (nSPS) is 19.6. The Labute approximate surface area is 155 Å². The van der Waals surface area contributed by atoms with E-state index in [0.29, 0.717) is 18.5 Å². The molecule has 1 N–H and O–H groups in total. The fourth-order valence-corrected chi connectivity index (χ4v) is 3.66. The summed E-state index contributed by atoms with van der Waals surface area (Å²) in [5, 5.41) is 3.07. The summed E-state index contributed by atoms with van der Waals surface area (Å²) in [7, 11) is 4.05. The van der Waals surface area contributed by atoms with Crippen molar-refractivity contribution in [2.24, 2.45) is 11.8 Å². The van der Waals surface area contributed by atoms with E-state index < -0.39 is 0 Å². The van der Waals surface area contributed by atoms with Gasteiger partial charge in [0.1, 0.15) is 0 Å². The summed E-state index contributed by atoms with van der Waals surface area (Å²) < 4.78 is 0. The van der Waals surface area contributed by atoms with Crippen LogP contribution >= 0.6 is 0 Å². The van der Waals surface area contributed by atoms with Gasteiger partial charge in [0.2, 0.25) is 11.8 Å². The van der Waals surface area contributed by atoms with E-state index in [4.69, 9.17) is 0 Å². The van der Waals surface area contributed by atoms with Crippen molar-refractivity contribution >= 4 is 23.2 Å². The first kappa shape index (κ1) is 17.4. The van der Waals surface area contributed by atoms with E-state index in [1.165, 1.54) is 0 Å². The number of carbonyl (C=O) groups excluding carboxylic acids is 2. The molecule has 26 heavy (non-hydrogen) atoms. The second kappa shape index (κ2) is 6.93. The first-order valence-electron chi connectivity index (χ1n) is 9.94. The van der Waals surface area contributed by atoms with Gasteiger partial charge in [-0.25, -0.2) is 0 Å². The summed E-state index contributed by atoms with van der Waals surface area (Å²) in [6, 6.07) is 6.49. The summed E-state index contributed by atoms with van der Waals surface area (Å²) in [5.74, 6) is 0.875. The number of hydrogen-bond donors (Lipinski definition) is 1. The van der Waals surface area contributed by atoms with Gasteiger partial charge in [-0.2, -0.15) is 0 Å². The summed E-state index contributed by atoms with van der Waals surface area (Å²) in [5.41, 5.74) is 3.07. The molecule has 1 aromatic rings. The van der Waals surface area contributed by atoms with Crippen molar-refractivity contribution in [2.75, 3.05) is 24.3 Å². The third kappa shape index (κ3) is 3.71. The van der Waals surface area contributed by atoms with Crippen LogP contribution in [0.5, 0.6) is 0 Å². The summed E-state index contributed by atoms with van der Waals surface area (Å²) in [4.78, 5) is 29.2. The Bertz CT molecular complexity index is 703. The van der Waals surface area contributed by atoms with Crippen LogP contribution in [0.4, 0.5) is 11.4 Å². The molecule has 5 nitrogen and oxygen atoms in total. The molecular weight excluding hydrogens is 326 g/mol. The van der Waals surface area contributed by atoms with Crippen molar-refractivity contribution < 1.29 is 9.59 Å². The van der Waals surface area contributed by atoms with Crippen LogP contribution in [0.2, 0.25) is 0 Å². The van der Waals surface area contributed by atoms with Gasteiger partial charge >= 0.3 is 0 Å². The Morgan fingerprint density at radius 3 is 2.31 bits per heavy atom. The second-order valence-corrected chi connectivity index (χ2v) is 8.33. The molecule has 3 fully saturated rings. The Morgan fingerprint density at radius 2 is 1.77 bits per heavy atom. The number of hydrogen-bond acceptors (Lipinski definition) is 3. The summed E-state index contributed by atoms with van der Waals surface area (Å²) >= 11 is 0. The van der Waals surface area contributed by atoms with Crippen LogP contribution in [0.25, 0.3) is 0 Å². The Balaban J connectivity index is 1.54. The highest BCUT2D eigenvalue weighted by Crippen LogP contribution is 2.38. The maximum atomic E-state index is 12.7. The monoisotopic (exact) mass is 355 g/mol. The van der Waals surface area contributed by atoms with E-state index in [1.54, 1.807) is 0 Å². The van der Waals surface area contributed by atoms with Crippen molar-refractivity contribution in [3.63, 3.8) is 0 Å². The van der Waals surface area contributed by atoms with Crippen LogP contribution in [0, 0.1) is 11.8 Å². The minimum absolute atomic E-state index is 0.132. The summed E-state index contributed by atoms with van der Waals surface area (Å²) in [6.45, 7) is 0.640. The van der Waals surface area contributed by atoms with E-state index >= 15 is 0 Å². The first-order valence-corrected chi connectivity index (χ1v) is 9.94. The van der Waals surface area contributed by atoms with Gasteiger partial charge < -0.3 is 15.1 Å². The van der Waals surface area contributed by atoms with Crippen LogP contribution in [0.3, 0.4) is 0 Å². The fourth-order valence-electron chi connectivity index (χ4n) is 3.66. The van der Waals surface area contributed by atoms with Gasteiger partial charge in [-0.15, -0.1) is 0 Å². The second-order valence-electron chi connectivity index (χ2n) is 8.33. The average Bonchev–Trinajstić information content (AvgIpc) is 3.43. The smallest absolute Gasteiger partial charge is 0.227 e. The van der Waals surface area contributed by atoms with Crippen LogP contribution in [0.1, 0.15) is 50.5 Å². The van der Waals surface area contributed by atoms with Crippen molar-refractivity contribution in [1.29, 1.82) is 0 Å². The first-order chi connectivity index (χ1) is 12.5. The minimum atomic E-state index is 0.132. The lowest BCUT2D eigenvalue weighted by Crippen LogP contribution is -2.34. The molecule has 0 spiro atoms. The maximum absolute atomic E-state index is 12.7. The van der Waals surface area contributed by atoms with Gasteiger partial charge in [0, 0.05) is 49.9 Å². The molecule has 4 rings (SSSR count). The molecule has 0 aliphatic heterocycles. The topological polar surface area (TPSA) is 52.7 Å². The molecule has 0 saturated heterocycles. The third-order valence-electron chi connectivity index (χ3n) is 5.84. The molecule has 3 aliphatic rings. The zero-order valence-electron chi connectivity index (χ0n) is 15.8. The quantitative estimate of drug-likeness (QED) is 0.816. The summed E-state index contributed by atoms with van der Waals surface area (Å²) in [6.07, 6.45) is 7.48. The number of carbonyl (C=O) groups is 2. The zero-order chi connectivity index (χ0) is 18.3. The van der Waals surface area contributed by atoms with Crippen molar-refractivity contribution in [3.8, 4) is 0 Å². The van der Waals surface area contributed by atoms with Gasteiger partial charge in [0.15, 0.2) is 0 Å². The fraction of sp³-hybridized carbons (Fsp3) is 0.619. The molecule has 0 atom stereocenters. The maximum Gasteiger partial charge on any atom is 0.227 e. The third-order valence-corrected chi connectivity index (χ3v) is 5.84. The van der Waals surface area contributed by atoms with E-state index in [2.05, 4.69) is 27.2 Å². The van der Waals surface area contributed by atoms with Gasteiger partial charge in [0.05, 0.1) is 0 Å². The lowest BCUT2D eigenvalue weighted by atomic mass is 9.85. The molecule has 0 bridgehead atoms. The zero-order valence-corrected chi connectivity index (χ0v) is 15.8. The molecule has 0 unspecified atom stereocenters. The van der Waals surface area contributed by atoms with E-state index in [0.717, 1.165) is 61.9 Å². The van der Waals surface area contributed by atoms with Crippen molar-refractivity contribution in [1.82, 2.24) is 4.90 Å². The van der Waals surface area contributed by atoms with E-state index in [-0.39, 0.29) is 17.7 Å². The Hall–Kier alpha value is -2.04. The van der Waals surface area contributed by atoms with Crippen LogP contribution in [-0.4, -0.2) is 36.9 Å². The molecule has 2 amide bonds. The van der Waals surface area contributed by atoms with Gasteiger partial charge in [-0.05, 0) is 62.3 Å². The van der Waals surface area contributed by atoms with Crippen LogP contribution in [0.15, 0.2) is 18.2 Å². The molecule has 0 heterocycles. The average molecular weight is 355 g/mol. The number of amides is 2. The lowest BCUT2D eigenvalue weighted by Gasteiger charge is -2.27. The number of nitrogens with zero attached hydrogens (tertiary/aromatic N) is 2. The molecule has 3 saturated carbocycles. The SMILES string of the molecule is CN(C)c1ccc(NC(=O)C2CCC2)cc1CN(C(=O)C1CC1)C1CC1. The number of benzene rings is 1. The van der Waals surface area contributed by atoms with Crippen LogP contribution in [-0.2, 0) is 16.1 Å². The number of nitrogens with one attached hydrogen (secondary N) is 1.